The van der Waals surface area contributed by atoms with Crippen LogP contribution >= 0.6 is 0 Å². The molecule has 1 aliphatic heterocycles. The molecule has 0 aliphatic carbocycles. The molecule has 1 aliphatic rings. The lowest BCUT2D eigenvalue weighted by atomic mass is 9.91. The van der Waals surface area contributed by atoms with Gasteiger partial charge >= 0.3 is 0 Å². The Balaban J connectivity index is 2.27. The van der Waals surface area contributed by atoms with E-state index < -0.39 is 0 Å². The van der Waals surface area contributed by atoms with Crippen molar-refractivity contribution in [2.45, 2.75) is 25.8 Å². The van der Waals surface area contributed by atoms with Crippen molar-refractivity contribution in [1.82, 2.24) is 0 Å². The number of methoxy groups -OCH3 is 1. The molecule has 2 N–H and O–H groups in total. The van der Waals surface area contributed by atoms with Crippen LogP contribution in [0, 0.1) is 17.2 Å². The number of ether oxygens (including phenoxy) is 1. The third-order valence-corrected chi connectivity index (χ3v) is 3.87. The Labute approximate surface area is 114 Å². The van der Waals surface area contributed by atoms with Crippen molar-refractivity contribution >= 4 is 5.69 Å². The van der Waals surface area contributed by atoms with Gasteiger partial charge in [-0.1, -0.05) is 0 Å². The highest BCUT2D eigenvalue weighted by molar-refractivity contribution is 5.62. The summed E-state index contributed by atoms with van der Waals surface area (Å²) < 4.78 is 5.26. The van der Waals surface area contributed by atoms with Gasteiger partial charge in [-0.15, -0.1) is 0 Å². The van der Waals surface area contributed by atoms with Crippen LogP contribution in [0.25, 0.3) is 0 Å². The van der Waals surface area contributed by atoms with Crippen molar-refractivity contribution < 1.29 is 4.74 Å². The van der Waals surface area contributed by atoms with Gasteiger partial charge < -0.3 is 15.4 Å². The smallest absolute Gasteiger partial charge is 0.121 e. The predicted molar refractivity (Wildman–Crippen MR) is 76.3 cm³/mol. The first-order valence-electron chi connectivity index (χ1n) is 6.74. The Hall–Kier alpha value is -1.73. The molecule has 102 valence electrons. The van der Waals surface area contributed by atoms with E-state index in [2.05, 4.69) is 17.9 Å². The van der Waals surface area contributed by atoms with Gasteiger partial charge in [0, 0.05) is 25.2 Å². The van der Waals surface area contributed by atoms with Crippen LogP contribution < -0.4 is 15.4 Å². The molecule has 0 spiro atoms. The molecule has 19 heavy (non-hydrogen) atoms. The number of benzene rings is 1. The van der Waals surface area contributed by atoms with E-state index in [-0.39, 0.29) is 6.04 Å². The molecule has 1 fully saturated rings. The average Bonchev–Trinajstić information content (AvgIpc) is 2.46. The summed E-state index contributed by atoms with van der Waals surface area (Å²) in [7, 11) is 1.64. The second-order valence-electron chi connectivity index (χ2n) is 5.20. The van der Waals surface area contributed by atoms with E-state index in [1.165, 1.54) is 6.42 Å². The molecule has 2 rings (SSSR count). The van der Waals surface area contributed by atoms with E-state index in [0.29, 0.717) is 11.5 Å². The number of rotatable bonds is 3. The van der Waals surface area contributed by atoms with Crippen molar-refractivity contribution in [2.75, 3.05) is 25.1 Å². The van der Waals surface area contributed by atoms with Gasteiger partial charge in [0.15, 0.2) is 0 Å². The minimum Gasteiger partial charge on any atom is -0.497 e. The van der Waals surface area contributed by atoms with Crippen LogP contribution in [0.2, 0.25) is 0 Å². The third-order valence-electron chi connectivity index (χ3n) is 3.87. The van der Waals surface area contributed by atoms with Gasteiger partial charge in [0.1, 0.15) is 11.8 Å². The van der Waals surface area contributed by atoms with Crippen LogP contribution in [0.15, 0.2) is 18.2 Å². The van der Waals surface area contributed by atoms with Crippen LogP contribution in [0.5, 0.6) is 5.75 Å². The van der Waals surface area contributed by atoms with Crippen LogP contribution in [-0.4, -0.2) is 26.2 Å². The van der Waals surface area contributed by atoms with E-state index in [4.69, 9.17) is 10.5 Å². The summed E-state index contributed by atoms with van der Waals surface area (Å²) in [4.78, 5) is 2.26. The van der Waals surface area contributed by atoms with Gasteiger partial charge in [-0.3, -0.25) is 0 Å². The Morgan fingerprint density at radius 3 is 2.95 bits per heavy atom. The number of nitrogens with zero attached hydrogens (tertiary/aromatic N) is 2. The zero-order chi connectivity index (χ0) is 13.8. The number of nitriles is 1. The summed E-state index contributed by atoms with van der Waals surface area (Å²) >= 11 is 0. The van der Waals surface area contributed by atoms with Crippen LogP contribution in [0.3, 0.4) is 0 Å². The lowest BCUT2D eigenvalue weighted by Crippen LogP contribution is -2.42. The van der Waals surface area contributed by atoms with Crippen molar-refractivity contribution in [3.05, 3.63) is 23.8 Å². The number of anilines is 1. The Kier molecular flexibility index (Phi) is 4.28. The van der Waals surface area contributed by atoms with Crippen LogP contribution in [0.1, 0.15) is 25.3 Å². The zero-order valence-corrected chi connectivity index (χ0v) is 11.6. The minimum atomic E-state index is 0.193. The van der Waals surface area contributed by atoms with Crippen molar-refractivity contribution in [3.8, 4) is 11.8 Å². The predicted octanol–water partition coefficient (Wildman–Crippen LogP) is 2.13. The maximum atomic E-state index is 9.25. The Morgan fingerprint density at radius 1 is 1.53 bits per heavy atom. The van der Waals surface area contributed by atoms with Gasteiger partial charge in [-0.05, 0) is 37.8 Å². The Bertz CT molecular complexity index is 479. The maximum absolute atomic E-state index is 9.25. The monoisotopic (exact) mass is 259 g/mol. The SMILES string of the molecule is COc1ccc(C#N)c(N2CCCC(C(C)N)C2)c1. The minimum absolute atomic E-state index is 0.193. The molecule has 2 unspecified atom stereocenters. The molecule has 0 saturated carbocycles. The van der Waals surface area contributed by atoms with E-state index >= 15 is 0 Å². The molecule has 1 aromatic carbocycles. The highest BCUT2D eigenvalue weighted by Crippen LogP contribution is 2.30. The molecule has 0 bridgehead atoms. The van der Waals surface area contributed by atoms with E-state index in [0.717, 1.165) is 30.9 Å². The molecule has 4 heteroatoms. The molecule has 4 nitrogen and oxygen atoms in total. The van der Waals surface area contributed by atoms with Gasteiger partial charge in [0.05, 0.1) is 18.4 Å². The summed E-state index contributed by atoms with van der Waals surface area (Å²) in [6, 6.07) is 8.05. The number of hydrogen-bond donors (Lipinski definition) is 1. The fraction of sp³-hybridized carbons (Fsp3) is 0.533. The standard InChI is InChI=1S/C15H21N3O/c1-11(17)13-4-3-7-18(10-13)15-8-14(19-2)6-5-12(15)9-16/h5-6,8,11,13H,3-4,7,10,17H2,1-2H3. The van der Waals surface area contributed by atoms with Gasteiger partial charge in [0.25, 0.3) is 0 Å². The molecule has 1 heterocycles. The van der Waals surface area contributed by atoms with Gasteiger partial charge in [0.2, 0.25) is 0 Å². The summed E-state index contributed by atoms with van der Waals surface area (Å²) in [5.74, 6) is 1.28. The summed E-state index contributed by atoms with van der Waals surface area (Å²) in [6.45, 7) is 3.95. The maximum Gasteiger partial charge on any atom is 0.121 e. The topological polar surface area (TPSA) is 62.3 Å². The van der Waals surface area contributed by atoms with Gasteiger partial charge in [-0.2, -0.15) is 5.26 Å². The highest BCUT2D eigenvalue weighted by atomic mass is 16.5. The number of hydrogen-bond acceptors (Lipinski definition) is 4. The first-order chi connectivity index (χ1) is 9.15. The number of piperidine rings is 1. The molecular formula is C15H21N3O. The molecule has 0 radical (unpaired) electrons. The largest absolute Gasteiger partial charge is 0.497 e. The quantitative estimate of drug-likeness (QED) is 0.903. The molecular weight excluding hydrogens is 238 g/mol. The molecule has 0 amide bonds. The highest BCUT2D eigenvalue weighted by Gasteiger charge is 2.24. The fourth-order valence-corrected chi connectivity index (χ4v) is 2.65. The van der Waals surface area contributed by atoms with Gasteiger partial charge in [-0.25, -0.2) is 0 Å². The summed E-state index contributed by atoms with van der Waals surface area (Å²) in [5, 5.41) is 9.25. The second kappa shape index (κ2) is 5.94. The first-order valence-corrected chi connectivity index (χ1v) is 6.74. The molecule has 2 atom stereocenters. The summed E-state index contributed by atoms with van der Waals surface area (Å²) in [5.41, 5.74) is 7.68. The molecule has 1 saturated heterocycles. The van der Waals surface area contributed by atoms with Crippen molar-refractivity contribution in [3.63, 3.8) is 0 Å². The summed E-state index contributed by atoms with van der Waals surface area (Å²) in [6.07, 6.45) is 2.29. The van der Waals surface area contributed by atoms with Crippen LogP contribution in [0.4, 0.5) is 5.69 Å². The normalized spacial score (nSPS) is 20.7. The van der Waals surface area contributed by atoms with Crippen molar-refractivity contribution in [2.24, 2.45) is 11.7 Å². The lowest BCUT2D eigenvalue weighted by Gasteiger charge is -2.36. The van der Waals surface area contributed by atoms with E-state index in [9.17, 15) is 5.26 Å². The van der Waals surface area contributed by atoms with Crippen LogP contribution in [-0.2, 0) is 0 Å². The van der Waals surface area contributed by atoms with E-state index in [1.807, 2.05) is 18.2 Å². The lowest BCUT2D eigenvalue weighted by molar-refractivity contribution is 0.364. The van der Waals surface area contributed by atoms with E-state index in [1.54, 1.807) is 7.11 Å². The zero-order valence-electron chi connectivity index (χ0n) is 11.6. The third kappa shape index (κ3) is 2.99. The first kappa shape index (κ1) is 13.7. The average molecular weight is 259 g/mol. The number of nitrogens with two attached hydrogens (primary N) is 1. The molecule has 1 aromatic rings. The van der Waals surface area contributed by atoms with Crippen molar-refractivity contribution in [1.29, 1.82) is 5.26 Å². The Morgan fingerprint density at radius 2 is 2.32 bits per heavy atom. The fourth-order valence-electron chi connectivity index (χ4n) is 2.65. The molecule has 0 aromatic heterocycles. The second-order valence-corrected chi connectivity index (χ2v) is 5.20.